The number of carbonyl (C=O) groups is 2. The van der Waals surface area contributed by atoms with E-state index in [2.05, 4.69) is 15.6 Å². The lowest BCUT2D eigenvalue weighted by Gasteiger charge is -2.11. The Hall–Kier alpha value is -2.41. The molecule has 8 heteroatoms. The van der Waals surface area contributed by atoms with Gasteiger partial charge in [0.05, 0.1) is 21.7 Å². The standard InChI is InChI=1S/C20H15Cl2N3O2S/c21-14-8-6-12(10-15(14)22)23-19(27)13-7-9-16-17(13)24-20(28-16)25-18(26)11-4-2-1-3-5-11/h1-6,8,10,13H,7,9H2,(H,23,27)(H,24,25,26). The summed E-state index contributed by atoms with van der Waals surface area (Å²) in [4.78, 5) is 30.6. The van der Waals surface area contributed by atoms with Gasteiger partial charge in [-0.1, -0.05) is 41.4 Å². The average Bonchev–Trinajstić information content (AvgIpc) is 3.25. The highest BCUT2D eigenvalue weighted by atomic mass is 35.5. The van der Waals surface area contributed by atoms with Crippen LogP contribution in [-0.2, 0) is 11.2 Å². The molecule has 1 aliphatic rings. The van der Waals surface area contributed by atoms with Crippen molar-refractivity contribution < 1.29 is 9.59 Å². The number of carbonyl (C=O) groups excluding carboxylic acids is 2. The van der Waals surface area contributed by atoms with Crippen LogP contribution in [0.15, 0.2) is 48.5 Å². The van der Waals surface area contributed by atoms with Gasteiger partial charge in [-0.3, -0.25) is 14.9 Å². The number of halogens is 2. The van der Waals surface area contributed by atoms with Gasteiger partial charge in [0.25, 0.3) is 5.91 Å². The summed E-state index contributed by atoms with van der Waals surface area (Å²) in [6.07, 6.45) is 1.45. The van der Waals surface area contributed by atoms with Crippen molar-refractivity contribution in [3.8, 4) is 0 Å². The number of nitrogens with zero attached hydrogens (tertiary/aromatic N) is 1. The zero-order chi connectivity index (χ0) is 19.7. The summed E-state index contributed by atoms with van der Waals surface area (Å²) >= 11 is 13.3. The van der Waals surface area contributed by atoms with Gasteiger partial charge in [-0.15, -0.1) is 11.3 Å². The highest BCUT2D eigenvalue weighted by Gasteiger charge is 2.33. The molecule has 4 rings (SSSR count). The lowest BCUT2D eigenvalue weighted by molar-refractivity contribution is -0.117. The molecule has 1 aromatic heterocycles. The largest absolute Gasteiger partial charge is 0.325 e. The predicted molar refractivity (Wildman–Crippen MR) is 113 cm³/mol. The molecule has 142 valence electrons. The predicted octanol–water partition coefficient (Wildman–Crippen LogP) is 5.37. The van der Waals surface area contributed by atoms with Crippen LogP contribution in [0, 0.1) is 0 Å². The van der Waals surface area contributed by atoms with Gasteiger partial charge in [0.2, 0.25) is 5.91 Å². The fourth-order valence-electron chi connectivity index (χ4n) is 3.10. The third kappa shape index (κ3) is 3.90. The van der Waals surface area contributed by atoms with Gasteiger partial charge >= 0.3 is 0 Å². The number of aromatic nitrogens is 1. The van der Waals surface area contributed by atoms with Crippen molar-refractivity contribution in [1.29, 1.82) is 0 Å². The normalized spacial score (nSPS) is 15.1. The second-order valence-electron chi connectivity index (χ2n) is 6.36. The van der Waals surface area contributed by atoms with Crippen LogP contribution in [0.1, 0.15) is 33.3 Å². The minimum atomic E-state index is -0.358. The van der Waals surface area contributed by atoms with E-state index < -0.39 is 0 Å². The maximum atomic E-state index is 12.7. The van der Waals surface area contributed by atoms with Crippen LogP contribution >= 0.6 is 34.5 Å². The zero-order valence-corrected chi connectivity index (χ0v) is 16.9. The Morgan fingerprint density at radius 3 is 2.57 bits per heavy atom. The molecule has 1 heterocycles. The van der Waals surface area contributed by atoms with Crippen LogP contribution in [0.2, 0.25) is 10.0 Å². The summed E-state index contributed by atoms with van der Waals surface area (Å²) in [5.41, 5.74) is 1.87. The summed E-state index contributed by atoms with van der Waals surface area (Å²) in [5, 5.41) is 7.00. The van der Waals surface area contributed by atoms with Gasteiger partial charge in [-0.2, -0.15) is 0 Å². The van der Waals surface area contributed by atoms with Gasteiger partial charge in [0.15, 0.2) is 5.13 Å². The van der Waals surface area contributed by atoms with E-state index in [9.17, 15) is 9.59 Å². The first-order valence-corrected chi connectivity index (χ1v) is 10.2. The third-order valence-electron chi connectivity index (χ3n) is 4.48. The number of hydrogen-bond donors (Lipinski definition) is 2. The maximum absolute atomic E-state index is 12.7. The molecule has 0 saturated carbocycles. The quantitative estimate of drug-likeness (QED) is 0.582. The Morgan fingerprint density at radius 1 is 1.04 bits per heavy atom. The molecule has 0 saturated heterocycles. The van der Waals surface area contributed by atoms with E-state index in [4.69, 9.17) is 23.2 Å². The smallest absolute Gasteiger partial charge is 0.257 e. The number of nitrogens with one attached hydrogen (secondary N) is 2. The molecule has 0 radical (unpaired) electrons. The molecule has 1 unspecified atom stereocenters. The highest BCUT2D eigenvalue weighted by molar-refractivity contribution is 7.16. The molecule has 2 N–H and O–H groups in total. The van der Waals surface area contributed by atoms with Crippen LogP contribution in [0.5, 0.6) is 0 Å². The molecule has 2 aromatic carbocycles. The number of anilines is 2. The van der Waals surface area contributed by atoms with Crippen molar-refractivity contribution in [2.24, 2.45) is 0 Å². The van der Waals surface area contributed by atoms with E-state index in [1.54, 1.807) is 42.5 Å². The lowest BCUT2D eigenvalue weighted by Crippen LogP contribution is -2.20. The molecular formula is C20H15Cl2N3O2S. The van der Waals surface area contributed by atoms with Gasteiger partial charge < -0.3 is 5.32 Å². The van der Waals surface area contributed by atoms with Crippen molar-refractivity contribution in [3.63, 3.8) is 0 Å². The van der Waals surface area contributed by atoms with Crippen LogP contribution in [-0.4, -0.2) is 16.8 Å². The summed E-state index contributed by atoms with van der Waals surface area (Å²) in [6.45, 7) is 0. The summed E-state index contributed by atoms with van der Waals surface area (Å²) < 4.78 is 0. The summed E-state index contributed by atoms with van der Waals surface area (Å²) in [6, 6.07) is 13.9. The molecular weight excluding hydrogens is 417 g/mol. The van der Waals surface area contributed by atoms with Crippen molar-refractivity contribution >= 4 is 57.2 Å². The fraction of sp³-hybridized carbons (Fsp3) is 0.150. The fourth-order valence-corrected chi connectivity index (χ4v) is 4.43. The molecule has 28 heavy (non-hydrogen) atoms. The third-order valence-corrected chi connectivity index (χ3v) is 6.26. The summed E-state index contributed by atoms with van der Waals surface area (Å²) in [7, 11) is 0. The molecule has 1 atom stereocenters. The van der Waals surface area contributed by atoms with E-state index in [1.807, 2.05) is 6.07 Å². The van der Waals surface area contributed by atoms with Crippen molar-refractivity contribution in [2.45, 2.75) is 18.8 Å². The van der Waals surface area contributed by atoms with Crippen LogP contribution in [0.3, 0.4) is 0 Å². The first-order chi connectivity index (χ1) is 13.5. The van der Waals surface area contributed by atoms with E-state index in [0.717, 1.165) is 17.0 Å². The Balaban J connectivity index is 1.47. The van der Waals surface area contributed by atoms with Gasteiger partial charge in [-0.05, 0) is 43.2 Å². The number of aryl methyl sites for hydroxylation is 1. The molecule has 1 aliphatic carbocycles. The lowest BCUT2D eigenvalue weighted by atomic mass is 10.1. The second kappa shape index (κ2) is 7.91. The van der Waals surface area contributed by atoms with Crippen LogP contribution < -0.4 is 10.6 Å². The molecule has 5 nitrogen and oxygen atoms in total. The Bertz CT molecular complexity index is 1050. The molecule has 0 fully saturated rings. The first kappa shape index (κ1) is 18.9. The first-order valence-electron chi connectivity index (χ1n) is 8.63. The monoisotopic (exact) mass is 431 g/mol. The van der Waals surface area contributed by atoms with Crippen molar-refractivity contribution in [3.05, 3.63) is 74.7 Å². The molecule has 0 spiro atoms. The number of amides is 2. The summed E-state index contributed by atoms with van der Waals surface area (Å²) in [5.74, 6) is -0.726. The van der Waals surface area contributed by atoms with Crippen molar-refractivity contribution in [1.82, 2.24) is 4.98 Å². The minimum absolute atomic E-state index is 0.150. The van der Waals surface area contributed by atoms with Crippen LogP contribution in [0.25, 0.3) is 0 Å². The second-order valence-corrected chi connectivity index (χ2v) is 8.26. The maximum Gasteiger partial charge on any atom is 0.257 e. The molecule has 0 aliphatic heterocycles. The van der Waals surface area contributed by atoms with E-state index in [1.165, 1.54) is 11.3 Å². The SMILES string of the molecule is O=C(Nc1nc2c(s1)CCC2C(=O)Nc1ccc(Cl)c(Cl)c1)c1ccccc1. The minimum Gasteiger partial charge on any atom is -0.325 e. The Morgan fingerprint density at radius 2 is 1.82 bits per heavy atom. The molecule has 0 bridgehead atoms. The average molecular weight is 432 g/mol. The number of benzene rings is 2. The highest BCUT2D eigenvalue weighted by Crippen LogP contribution is 2.39. The van der Waals surface area contributed by atoms with Crippen molar-refractivity contribution in [2.75, 3.05) is 10.6 Å². The Kier molecular flexibility index (Phi) is 5.35. The van der Waals surface area contributed by atoms with E-state index >= 15 is 0 Å². The van der Waals surface area contributed by atoms with E-state index in [-0.39, 0.29) is 17.7 Å². The number of fused-ring (bicyclic) bond motifs is 1. The topological polar surface area (TPSA) is 71.1 Å². The molecule has 2 amide bonds. The van der Waals surface area contributed by atoms with Gasteiger partial charge in [-0.25, -0.2) is 4.98 Å². The zero-order valence-electron chi connectivity index (χ0n) is 14.5. The molecule has 3 aromatic rings. The van der Waals surface area contributed by atoms with Crippen LogP contribution in [0.4, 0.5) is 10.8 Å². The van der Waals surface area contributed by atoms with E-state index in [0.29, 0.717) is 32.8 Å². The number of thiazole rings is 1. The van der Waals surface area contributed by atoms with Gasteiger partial charge in [0, 0.05) is 16.1 Å². The number of rotatable bonds is 4. The Labute approximate surface area is 175 Å². The van der Waals surface area contributed by atoms with Gasteiger partial charge in [0.1, 0.15) is 0 Å². The number of hydrogen-bond acceptors (Lipinski definition) is 4.